The van der Waals surface area contributed by atoms with E-state index in [0.717, 1.165) is 17.9 Å². The van der Waals surface area contributed by atoms with Crippen molar-refractivity contribution in [2.45, 2.75) is 43.9 Å². The molecule has 0 saturated heterocycles. The van der Waals surface area contributed by atoms with Crippen molar-refractivity contribution in [1.82, 2.24) is 0 Å². The third kappa shape index (κ3) is 3.69. The molecule has 0 nitrogen and oxygen atoms in total. The maximum absolute atomic E-state index is 13.1. The second kappa shape index (κ2) is 6.19. The van der Waals surface area contributed by atoms with Crippen LogP contribution in [-0.4, -0.2) is 0 Å². The summed E-state index contributed by atoms with van der Waals surface area (Å²) < 4.78 is 13.6. The zero-order valence-electron chi connectivity index (χ0n) is 9.76. The highest BCUT2D eigenvalue weighted by atomic mass is 79.9. The van der Waals surface area contributed by atoms with Crippen molar-refractivity contribution in [2.75, 3.05) is 0 Å². The standard InChI is InChI=1S/C14H17BrClF/c15-12-9-11(6-8-14(12)17)13(16)7-5-10-3-1-2-4-10/h6,8-10,13H,1-5,7H2. The molecular weight excluding hydrogens is 303 g/mol. The van der Waals surface area contributed by atoms with E-state index in [9.17, 15) is 4.39 Å². The largest absolute Gasteiger partial charge is 0.206 e. The molecule has 0 N–H and O–H groups in total. The predicted molar refractivity (Wildman–Crippen MR) is 73.9 cm³/mol. The number of hydrogen-bond acceptors (Lipinski definition) is 0. The Morgan fingerprint density at radius 3 is 2.71 bits per heavy atom. The first-order valence-electron chi connectivity index (χ1n) is 6.26. The molecular formula is C14H17BrClF. The first kappa shape index (κ1) is 13.4. The monoisotopic (exact) mass is 318 g/mol. The molecule has 94 valence electrons. The Labute approximate surface area is 116 Å². The highest BCUT2D eigenvalue weighted by Crippen LogP contribution is 2.34. The number of benzene rings is 1. The van der Waals surface area contributed by atoms with Gasteiger partial charge in [0.2, 0.25) is 0 Å². The lowest BCUT2D eigenvalue weighted by atomic mass is 9.98. The molecule has 1 fully saturated rings. The average molecular weight is 320 g/mol. The van der Waals surface area contributed by atoms with E-state index in [1.807, 2.05) is 0 Å². The van der Waals surface area contributed by atoms with Gasteiger partial charge in [0, 0.05) is 0 Å². The molecule has 0 radical (unpaired) electrons. The minimum atomic E-state index is -0.228. The molecule has 0 aliphatic heterocycles. The molecule has 1 aliphatic carbocycles. The van der Waals surface area contributed by atoms with Crippen molar-refractivity contribution in [3.8, 4) is 0 Å². The van der Waals surface area contributed by atoms with Gasteiger partial charge in [-0.25, -0.2) is 4.39 Å². The summed E-state index contributed by atoms with van der Waals surface area (Å²) in [5, 5.41) is 0.00694. The van der Waals surface area contributed by atoms with E-state index in [2.05, 4.69) is 15.9 Å². The fraction of sp³-hybridized carbons (Fsp3) is 0.571. The van der Waals surface area contributed by atoms with Gasteiger partial charge in [-0.15, -0.1) is 11.6 Å². The lowest BCUT2D eigenvalue weighted by Gasteiger charge is -2.13. The third-order valence-corrected chi connectivity index (χ3v) is 4.69. The first-order chi connectivity index (χ1) is 8.16. The van der Waals surface area contributed by atoms with Crippen molar-refractivity contribution < 1.29 is 4.39 Å². The van der Waals surface area contributed by atoms with Crippen LogP contribution >= 0.6 is 27.5 Å². The van der Waals surface area contributed by atoms with Crippen LogP contribution in [0.1, 0.15) is 49.5 Å². The third-order valence-electron chi connectivity index (χ3n) is 3.61. The lowest BCUT2D eigenvalue weighted by molar-refractivity contribution is 0.479. The Morgan fingerprint density at radius 2 is 2.06 bits per heavy atom. The van der Waals surface area contributed by atoms with E-state index < -0.39 is 0 Å². The van der Waals surface area contributed by atoms with Crippen LogP contribution in [0.5, 0.6) is 0 Å². The van der Waals surface area contributed by atoms with Gasteiger partial charge in [0.1, 0.15) is 5.82 Å². The van der Waals surface area contributed by atoms with Gasteiger partial charge in [-0.2, -0.15) is 0 Å². The Bertz CT molecular complexity index is 374. The molecule has 3 heteroatoms. The molecule has 2 rings (SSSR count). The molecule has 1 unspecified atom stereocenters. The van der Waals surface area contributed by atoms with Crippen LogP contribution in [0, 0.1) is 11.7 Å². The van der Waals surface area contributed by atoms with Crippen molar-refractivity contribution in [1.29, 1.82) is 0 Å². The second-order valence-corrected chi connectivity index (χ2v) is 6.25. The fourth-order valence-corrected chi connectivity index (χ4v) is 3.21. The predicted octanol–water partition coefficient (Wildman–Crippen LogP) is 5.84. The second-order valence-electron chi connectivity index (χ2n) is 4.87. The average Bonchev–Trinajstić information content (AvgIpc) is 2.82. The summed E-state index contributed by atoms with van der Waals surface area (Å²) in [6, 6.07) is 5.05. The lowest BCUT2D eigenvalue weighted by Crippen LogP contribution is -1.98. The molecule has 1 aromatic rings. The van der Waals surface area contributed by atoms with Crippen molar-refractivity contribution in [3.05, 3.63) is 34.1 Å². The first-order valence-corrected chi connectivity index (χ1v) is 7.49. The molecule has 17 heavy (non-hydrogen) atoms. The van der Waals surface area contributed by atoms with Gasteiger partial charge in [0.25, 0.3) is 0 Å². The van der Waals surface area contributed by atoms with Gasteiger partial charge in [-0.3, -0.25) is 0 Å². The van der Waals surface area contributed by atoms with Gasteiger partial charge >= 0.3 is 0 Å². The molecule has 0 amide bonds. The van der Waals surface area contributed by atoms with Gasteiger partial charge < -0.3 is 0 Å². The van der Waals surface area contributed by atoms with E-state index in [1.54, 1.807) is 12.1 Å². The number of hydrogen-bond donors (Lipinski definition) is 0. The smallest absolute Gasteiger partial charge is 0.137 e. The van der Waals surface area contributed by atoms with E-state index in [4.69, 9.17) is 11.6 Å². The number of halogens is 3. The van der Waals surface area contributed by atoms with Gasteiger partial charge in [0.15, 0.2) is 0 Å². The van der Waals surface area contributed by atoms with Crippen LogP contribution in [0.25, 0.3) is 0 Å². The summed E-state index contributed by atoms with van der Waals surface area (Å²) in [5.74, 6) is 0.633. The molecule has 0 heterocycles. The zero-order chi connectivity index (χ0) is 12.3. The maximum atomic E-state index is 13.1. The number of alkyl halides is 1. The Morgan fingerprint density at radius 1 is 1.35 bits per heavy atom. The molecule has 0 aromatic heterocycles. The van der Waals surface area contributed by atoms with Crippen LogP contribution in [0.3, 0.4) is 0 Å². The zero-order valence-corrected chi connectivity index (χ0v) is 12.1. The topological polar surface area (TPSA) is 0 Å². The summed E-state index contributed by atoms with van der Waals surface area (Å²) in [6.45, 7) is 0. The Kier molecular flexibility index (Phi) is 4.87. The normalized spacial score (nSPS) is 18.5. The molecule has 0 bridgehead atoms. The Hall–Kier alpha value is -0.0800. The van der Waals surface area contributed by atoms with E-state index in [-0.39, 0.29) is 11.2 Å². The van der Waals surface area contributed by atoms with E-state index in [0.29, 0.717) is 4.47 Å². The van der Waals surface area contributed by atoms with Crippen LogP contribution in [0.2, 0.25) is 0 Å². The van der Waals surface area contributed by atoms with Crippen LogP contribution < -0.4 is 0 Å². The minimum Gasteiger partial charge on any atom is -0.206 e. The molecule has 1 saturated carbocycles. The van der Waals surface area contributed by atoms with Crippen LogP contribution in [-0.2, 0) is 0 Å². The summed E-state index contributed by atoms with van der Waals surface area (Å²) in [4.78, 5) is 0. The summed E-state index contributed by atoms with van der Waals surface area (Å²) in [5.41, 5.74) is 1.01. The van der Waals surface area contributed by atoms with Crippen molar-refractivity contribution in [2.24, 2.45) is 5.92 Å². The van der Waals surface area contributed by atoms with Gasteiger partial charge in [0.05, 0.1) is 9.85 Å². The van der Waals surface area contributed by atoms with Crippen LogP contribution in [0.4, 0.5) is 4.39 Å². The molecule has 1 aromatic carbocycles. The molecule has 0 spiro atoms. The highest BCUT2D eigenvalue weighted by Gasteiger charge is 2.17. The van der Waals surface area contributed by atoms with E-state index >= 15 is 0 Å². The van der Waals surface area contributed by atoms with Gasteiger partial charge in [-0.1, -0.05) is 31.7 Å². The SMILES string of the molecule is Fc1ccc(C(Cl)CCC2CCCC2)cc1Br. The minimum absolute atomic E-state index is 0.00694. The quantitative estimate of drug-likeness (QED) is 0.612. The maximum Gasteiger partial charge on any atom is 0.137 e. The van der Waals surface area contributed by atoms with Crippen molar-refractivity contribution >= 4 is 27.5 Å². The van der Waals surface area contributed by atoms with Crippen LogP contribution in [0.15, 0.2) is 22.7 Å². The summed E-state index contributed by atoms with van der Waals surface area (Å²) >= 11 is 9.56. The molecule has 1 aliphatic rings. The number of rotatable bonds is 4. The Balaban J connectivity index is 1.89. The summed E-state index contributed by atoms with van der Waals surface area (Å²) in [7, 11) is 0. The van der Waals surface area contributed by atoms with Gasteiger partial charge in [-0.05, 0) is 52.4 Å². The highest BCUT2D eigenvalue weighted by molar-refractivity contribution is 9.10. The van der Waals surface area contributed by atoms with Crippen molar-refractivity contribution in [3.63, 3.8) is 0 Å². The fourth-order valence-electron chi connectivity index (χ4n) is 2.55. The van der Waals surface area contributed by atoms with E-state index in [1.165, 1.54) is 38.2 Å². The molecule has 1 atom stereocenters. The summed E-state index contributed by atoms with van der Waals surface area (Å²) in [6.07, 6.45) is 7.65.